The monoisotopic (exact) mass is 390 g/mol. The lowest BCUT2D eigenvalue weighted by Gasteiger charge is -2.22. The van der Waals surface area contributed by atoms with Gasteiger partial charge in [-0.05, 0) is 49.7 Å². The fraction of sp³-hybridized carbons (Fsp3) is 0.273. The van der Waals surface area contributed by atoms with E-state index in [9.17, 15) is 9.59 Å². The zero-order chi connectivity index (χ0) is 20.2. The van der Waals surface area contributed by atoms with Gasteiger partial charge in [0.05, 0.1) is 0 Å². The van der Waals surface area contributed by atoms with Crippen molar-refractivity contribution in [2.24, 2.45) is 0 Å². The van der Waals surface area contributed by atoms with Crippen LogP contribution in [0.4, 0.5) is 0 Å². The Kier molecular flexibility index (Phi) is 5.37. The summed E-state index contributed by atoms with van der Waals surface area (Å²) in [4.78, 5) is 33.4. The maximum atomic E-state index is 12.9. The van der Waals surface area contributed by atoms with Crippen molar-refractivity contribution >= 4 is 11.8 Å². The Labute approximate surface area is 168 Å². The Morgan fingerprint density at radius 3 is 1.97 bits per heavy atom. The highest BCUT2D eigenvalue weighted by molar-refractivity contribution is 5.95. The number of amides is 2. The van der Waals surface area contributed by atoms with Crippen LogP contribution in [0, 0.1) is 6.92 Å². The summed E-state index contributed by atoms with van der Waals surface area (Å²) in [5, 5.41) is 3.78. The molecular formula is C22H22N4O3. The average molecular weight is 390 g/mol. The highest BCUT2D eigenvalue weighted by atomic mass is 16.5. The molecule has 0 saturated carbocycles. The molecule has 0 spiro atoms. The number of carbonyl (C=O) groups excluding carboxylic acids is 2. The lowest BCUT2D eigenvalue weighted by molar-refractivity contribution is 0.0719. The van der Waals surface area contributed by atoms with Gasteiger partial charge in [-0.25, -0.2) is 0 Å². The van der Waals surface area contributed by atoms with Crippen molar-refractivity contribution in [3.8, 4) is 11.5 Å². The molecule has 7 nitrogen and oxygen atoms in total. The number of hydrogen-bond acceptors (Lipinski definition) is 5. The lowest BCUT2D eigenvalue weighted by Crippen LogP contribution is -2.37. The van der Waals surface area contributed by atoms with Gasteiger partial charge >= 0.3 is 0 Å². The van der Waals surface area contributed by atoms with Crippen LogP contribution in [0.25, 0.3) is 11.5 Å². The molecule has 0 atom stereocenters. The van der Waals surface area contributed by atoms with Gasteiger partial charge in [0.25, 0.3) is 17.7 Å². The van der Waals surface area contributed by atoms with E-state index in [1.165, 1.54) is 0 Å². The van der Waals surface area contributed by atoms with Gasteiger partial charge in [0, 0.05) is 42.9 Å². The molecule has 2 heterocycles. The molecule has 7 heteroatoms. The highest BCUT2D eigenvalue weighted by Crippen LogP contribution is 2.19. The first kappa shape index (κ1) is 18.9. The van der Waals surface area contributed by atoms with E-state index in [1.54, 1.807) is 19.1 Å². The Balaban J connectivity index is 1.41. The smallest absolute Gasteiger partial charge is 0.257 e. The minimum absolute atomic E-state index is 0.0131. The van der Waals surface area contributed by atoms with Crippen LogP contribution in [0.2, 0.25) is 0 Å². The molecule has 2 aromatic carbocycles. The van der Waals surface area contributed by atoms with Gasteiger partial charge in [-0.1, -0.05) is 23.4 Å². The second kappa shape index (κ2) is 8.26. The van der Waals surface area contributed by atoms with Crippen molar-refractivity contribution in [1.29, 1.82) is 0 Å². The fourth-order valence-corrected chi connectivity index (χ4v) is 3.44. The minimum Gasteiger partial charge on any atom is -0.337 e. The van der Waals surface area contributed by atoms with Gasteiger partial charge in [0.15, 0.2) is 5.82 Å². The standard InChI is InChI=1S/C22H22N4O3/c1-16-23-20(29-24-16)17-8-10-19(11-9-17)22(28)26-13-5-12-25(14-15-26)21(27)18-6-3-2-4-7-18/h2-4,6-11H,5,12-15H2,1H3. The summed E-state index contributed by atoms with van der Waals surface area (Å²) in [6.45, 7) is 4.08. The van der Waals surface area contributed by atoms with E-state index in [0.29, 0.717) is 49.0 Å². The summed E-state index contributed by atoms with van der Waals surface area (Å²) in [6.07, 6.45) is 0.754. The second-order valence-electron chi connectivity index (χ2n) is 7.03. The van der Waals surface area contributed by atoms with Crippen LogP contribution in [0.5, 0.6) is 0 Å². The summed E-state index contributed by atoms with van der Waals surface area (Å²) >= 11 is 0. The van der Waals surface area contributed by atoms with E-state index in [2.05, 4.69) is 10.1 Å². The van der Waals surface area contributed by atoms with Crippen molar-refractivity contribution < 1.29 is 14.1 Å². The number of rotatable bonds is 3. The van der Waals surface area contributed by atoms with Crippen LogP contribution >= 0.6 is 0 Å². The Hall–Kier alpha value is -3.48. The summed E-state index contributed by atoms with van der Waals surface area (Å²) in [5.74, 6) is 0.983. The third-order valence-electron chi connectivity index (χ3n) is 5.00. The first-order chi connectivity index (χ1) is 14.1. The molecular weight excluding hydrogens is 368 g/mol. The summed E-state index contributed by atoms with van der Waals surface area (Å²) in [6, 6.07) is 16.4. The molecule has 2 amide bonds. The summed E-state index contributed by atoms with van der Waals surface area (Å²) < 4.78 is 5.16. The minimum atomic E-state index is -0.0349. The van der Waals surface area contributed by atoms with Crippen molar-refractivity contribution in [3.63, 3.8) is 0 Å². The quantitative estimate of drug-likeness (QED) is 0.687. The molecule has 3 aromatic rings. The summed E-state index contributed by atoms with van der Waals surface area (Å²) in [5.41, 5.74) is 2.06. The van der Waals surface area contributed by atoms with Crippen molar-refractivity contribution in [1.82, 2.24) is 19.9 Å². The maximum absolute atomic E-state index is 12.9. The normalized spacial score (nSPS) is 14.5. The van der Waals surface area contributed by atoms with E-state index in [-0.39, 0.29) is 11.8 Å². The largest absolute Gasteiger partial charge is 0.337 e. The molecule has 0 unspecified atom stereocenters. The molecule has 1 aliphatic rings. The van der Waals surface area contributed by atoms with Crippen LogP contribution < -0.4 is 0 Å². The molecule has 1 aromatic heterocycles. The van der Waals surface area contributed by atoms with E-state index in [1.807, 2.05) is 52.3 Å². The number of aromatic nitrogens is 2. The predicted molar refractivity (Wildman–Crippen MR) is 107 cm³/mol. The molecule has 0 N–H and O–H groups in total. The number of benzene rings is 2. The first-order valence-electron chi connectivity index (χ1n) is 9.66. The third kappa shape index (κ3) is 4.18. The topological polar surface area (TPSA) is 79.5 Å². The zero-order valence-electron chi connectivity index (χ0n) is 16.2. The zero-order valence-corrected chi connectivity index (χ0v) is 16.2. The molecule has 1 saturated heterocycles. The average Bonchev–Trinajstić information content (AvgIpc) is 3.05. The lowest BCUT2D eigenvalue weighted by atomic mass is 10.1. The molecule has 1 fully saturated rings. The van der Waals surface area contributed by atoms with Gasteiger partial charge in [-0.2, -0.15) is 4.98 Å². The van der Waals surface area contributed by atoms with Crippen molar-refractivity contribution in [2.75, 3.05) is 26.2 Å². The Bertz CT molecular complexity index is 998. The predicted octanol–water partition coefficient (Wildman–Crippen LogP) is 3.03. The molecule has 4 rings (SSSR count). The van der Waals surface area contributed by atoms with Crippen LogP contribution in [-0.2, 0) is 0 Å². The number of hydrogen-bond donors (Lipinski definition) is 0. The van der Waals surface area contributed by atoms with Crippen LogP contribution in [0.15, 0.2) is 59.1 Å². The van der Waals surface area contributed by atoms with Crippen LogP contribution in [0.3, 0.4) is 0 Å². The summed E-state index contributed by atoms with van der Waals surface area (Å²) in [7, 11) is 0. The highest BCUT2D eigenvalue weighted by Gasteiger charge is 2.23. The van der Waals surface area contributed by atoms with E-state index in [0.717, 1.165) is 12.0 Å². The van der Waals surface area contributed by atoms with Gasteiger partial charge in [0.1, 0.15) is 0 Å². The Morgan fingerprint density at radius 1 is 0.828 bits per heavy atom. The SMILES string of the molecule is Cc1noc(-c2ccc(C(=O)N3CCCN(C(=O)c4ccccc4)CC3)cc2)n1. The van der Waals surface area contributed by atoms with Crippen LogP contribution in [-0.4, -0.2) is 57.9 Å². The molecule has 0 aliphatic carbocycles. The van der Waals surface area contributed by atoms with E-state index in [4.69, 9.17) is 4.52 Å². The second-order valence-corrected chi connectivity index (χ2v) is 7.03. The third-order valence-corrected chi connectivity index (χ3v) is 5.00. The molecule has 29 heavy (non-hydrogen) atoms. The van der Waals surface area contributed by atoms with Crippen molar-refractivity contribution in [3.05, 3.63) is 71.5 Å². The van der Waals surface area contributed by atoms with Crippen molar-refractivity contribution in [2.45, 2.75) is 13.3 Å². The fourth-order valence-electron chi connectivity index (χ4n) is 3.44. The molecule has 0 bridgehead atoms. The molecule has 0 radical (unpaired) electrons. The number of carbonyl (C=O) groups is 2. The Morgan fingerprint density at radius 2 is 1.41 bits per heavy atom. The van der Waals surface area contributed by atoms with Crippen LogP contribution in [0.1, 0.15) is 33.0 Å². The van der Waals surface area contributed by atoms with Gasteiger partial charge in [-0.3, -0.25) is 9.59 Å². The molecule has 1 aliphatic heterocycles. The van der Waals surface area contributed by atoms with E-state index >= 15 is 0 Å². The van der Waals surface area contributed by atoms with Gasteiger partial charge in [-0.15, -0.1) is 0 Å². The number of nitrogens with zero attached hydrogens (tertiary/aromatic N) is 4. The first-order valence-corrected chi connectivity index (χ1v) is 9.66. The number of aryl methyl sites for hydroxylation is 1. The van der Waals surface area contributed by atoms with Gasteiger partial charge in [0.2, 0.25) is 0 Å². The maximum Gasteiger partial charge on any atom is 0.257 e. The van der Waals surface area contributed by atoms with E-state index < -0.39 is 0 Å². The van der Waals surface area contributed by atoms with Gasteiger partial charge < -0.3 is 14.3 Å². The molecule has 148 valence electrons.